The van der Waals surface area contributed by atoms with Crippen LogP contribution in [0.1, 0.15) is 11.1 Å². The van der Waals surface area contributed by atoms with Crippen molar-refractivity contribution >= 4 is 68.3 Å². The molecule has 0 saturated heterocycles. The molecule has 0 saturated carbocycles. The number of benzene rings is 2. The Bertz CT molecular complexity index is 2530. The minimum atomic E-state index is -0.448. The number of hydrogen-bond donors (Lipinski definition) is 2. The van der Waals surface area contributed by atoms with Crippen LogP contribution in [0.25, 0.3) is 44.8 Å². The summed E-state index contributed by atoms with van der Waals surface area (Å²) in [5.74, 6) is 1.57. The van der Waals surface area contributed by atoms with Gasteiger partial charge in [0.2, 0.25) is 0 Å². The molecule has 0 aliphatic rings. The maximum absolute atomic E-state index is 14.3. The lowest BCUT2D eigenvalue weighted by molar-refractivity contribution is 0.630. The summed E-state index contributed by atoms with van der Waals surface area (Å²) in [6, 6.07) is 23.0. The zero-order chi connectivity index (χ0) is 35.3. The van der Waals surface area contributed by atoms with Crippen molar-refractivity contribution in [1.82, 2.24) is 39.9 Å². The molecular formula is C38H27Cl2FN10. The van der Waals surface area contributed by atoms with Crippen LogP contribution in [0.15, 0.2) is 116 Å². The molecule has 8 rings (SSSR count). The minimum Gasteiger partial charge on any atom is -0.339 e. The number of anilines is 4. The number of pyridine rings is 4. The Balaban J connectivity index is 0.000000159. The first-order valence-corrected chi connectivity index (χ1v) is 16.4. The highest BCUT2D eigenvalue weighted by atomic mass is 35.5. The summed E-state index contributed by atoms with van der Waals surface area (Å²) in [5, 5.41) is 9.28. The van der Waals surface area contributed by atoms with E-state index in [-0.39, 0.29) is 11.4 Å². The van der Waals surface area contributed by atoms with Gasteiger partial charge >= 0.3 is 0 Å². The van der Waals surface area contributed by atoms with E-state index in [4.69, 9.17) is 28.2 Å². The van der Waals surface area contributed by atoms with Gasteiger partial charge in [-0.15, -0.1) is 0 Å². The third-order valence-corrected chi connectivity index (χ3v) is 8.21. The minimum absolute atomic E-state index is 0.213. The summed E-state index contributed by atoms with van der Waals surface area (Å²) in [6.45, 7) is 3.93. The summed E-state index contributed by atoms with van der Waals surface area (Å²) in [4.78, 5) is 35.1. The Morgan fingerprint density at radius 2 is 1.14 bits per heavy atom. The van der Waals surface area contributed by atoms with E-state index >= 15 is 0 Å². The Labute approximate surface area is 301 Å². The van der Waals surface area contributed by atoms with Gasteiger partial charge in [-0.2, -0.15) is 0 Å². The van der Waals surface area contributed by atoms with Crippen molar-refractivity contribution in [3.05, 3.63) is 143 Å². The van der Waals surface area contributed by atoms with Gasteiger partial charge in [0, 0.05) is 64.2 Å². The standard InChI is InChI=1S/C19H13ClFN5.C19H14ClN5/c1-11-10-22-8-6-16(11)24-18-13-3-2-7-23-17(13)25-19(26-18)14-9-12(20)4-5-15(14)21;1-12-11-21-9-7-16(12)23-19-15-6-3-8-22-18(15)24-17(25-19)13-4-2-5-14(20)10-13/h2-10H,1H3,(H,22,23,24,25,26);2-11H,1H3,(H,21,22,23,24,25). The second kappa shape index (κ2) is 14.8. The van der Waals surface area contributed by atoms with Gasteiger partial charge in [0.05, 0.1) is 16.3 Å². The Morgan fingerprint density at radius 1 is 0.569 bits per heavy atom. The topological polar surface area (TPSA) is 127 Å². The highest BCUT2D eigenvalue weighted by Gasteiger charge is 2.15. The molecule has 6 heterocycles. The van der Waals surface area contributed by atoms with Crippen LogP contribution in [0.5, 0.6) is 0 Å². The molecule has 2 aromatic carbocycles. The molecule has 0 aliphatic carbocycles. The van der Waals surface area contributed by atoms with Crippen molar-refractivity contribution in [1.29, 1.82) is 0 Å². The first-order chi connectivity index (χ1) is 24.8. The molecule has 10 nitrogen and oxygen atoms in total. The van der Waals surface area contributed by atoms with Crippen molar-refractivity contribution in [2.45, 2.75) is 13.8 Å². The van der Waals surface area contributed by atoms with E-state index in [2.05, 4.69) is 45.5 Å². The van der Waals surface area contributed by atoms with Crippen molar-refractivity contribution in [2.24, 2.45) is 0 Å². The van der Waals surface area contributed by atoms with E-state index in [1.807, 2.05) is 74.6 Å². The maximum Gasteiger partial charge on any atom is 0.167 e. The van der Waals surface area contributed by atoms with Crippen LogP contribution in [0.3, 0.4) is 0 Å². The number of nitrogens with zero attached hydrogens (tertiary/aromatic N) is 8. The fraction of sp³-hybridized carbons (Fsp3) is 0.0526. The number of fused-ring (bicyclic) bond motifs is 2. The second-order valence-corrected chi connectivity index (χ2v) is 12.2. The molecule has 8 aromatic rings. The first-order valence-electron chi connectivity index (χ1n) is 15.6. The van der Waals surface area contributed by atoms with Gasteiger partial charge < -0.3 is 10.6 Å². The fourth-order valence-electron chi connectivity index (χ4n) is 5.14. The monoisotopic (exact) mass is 712 g/mol. The van der Waals surface area contributed by atoms with Gasteiger partial charge in [-0.25, -0.2) is 34.3 Å². The van der Waals surface area contributed by atoms with Crippen LogP contribution in [-0.4, -0.2) is 39.9 Å². The quantitative estimate of drug-likeness (QED) is 0.172. The SMILES string of the molecule is Cc1cnccc1Nc1nc(-c2cc(Cl)ccc2F)nc2ncccc12.Cc1cnccc1Nc1nc(-c2cccc(Cl)c2)nc2ncccc12. The van der Waals surface area contributed by atoms with Gasteiger partial charge in [0.1, 0.15) is 17.5 Å². The lowest BCUT2D eigenvalue weighted by atomic mass is 10.2. The summed E-state index contributed by atoms with van der Waals surface area (Å²) in [6.07, 6.45) is 10.3. The number of rotatable bonds is 6. The average Bonchev–Trinajstić information content (AvgIpc) is 3.14. The third kappa shape index (κ3) is 7.54. The van der Waals surface area contributed by atoms with E-state index in [1.54, 1.807) is 37.1 Å². The lowest BCUT2D eigenvalue weighted by Crippen LogP contribution is -2.02. The molecule has 6 aromatic heterocycles. The largest absolute Gasteiger partial charge is 0.339 e. The van der Waals surface area contributed by atoms with Crippen molar-refractivity contribution < 1.29 is 4.39 Å². The molecule has 0 unspecified atom stereocenters. The highest BCUT2D eigenvalue weighted by molar-refractivity contribution is 6.31. The van der Waals surface area contributed by atoms with Crippen LogP contribution in [0.4, 0.5) is 27.4 Å². The predicted molar refractivity (Wildman–Crippen MR) is 200 cm³/mol. The van der Waals surface area contributed by atoms with Crippen LogP contribution in [0, 0.1) is 19.7 Å². The van der Waals surface area contributed by atoms with Gasteiger partial charge in [-0.3, -0.25) is 9.97 Å². The average molecular weight is 714 g/mol. The summed E-state index contributed by atoms with van der Waals surface area (Å²) in [5.41, 5.74) is 5.93. The molecular weight excluding hydrogens is 686 g/mol. The molecule has 0 radical (unpaired) electrons. The molecule has 0 aliphatic heterocycles. The summed E-state index contributed by atoms with van der Waals surface area (Å²) < 4.78 is 14.3. The molecule has 13 heteroatoms. The van der Waals surface area contributed by atoms with Crippen LogP contribution in [-0.2, 0) is 0 Å². The molecule has 0 atom stereocenters. The summed E-state index contributed by atoms with van der Waals surface area (Å²) >= 11 is 12.1. The van der Waals surface area contributed by atoms with Crippen LogP contribution >= 0.6 is 23.2 Å². The van der Waals surface area contributed by atoms with E-state index in [0.717, 1.165) is 38.8 Å². The molecule has 51 heavy (non-hydrogen) atoms. The van der Waals surface area contributed by atoms with Gasteiger partial charge in [-0.05, 0) is 91.7 Å². The van der Waals surface area contributed by atoms with Crippen molar-refractivity contribution in [3.63, 3.8) is 0 Å². The number of hydrogen-bond acceptors (Lipinski definition) is 10. The Hall–Kier alpha value is -6.17. The predicted octanol–water partition coefficient (Wildman–Crippen LogP) is 9.72. The zero-order valence-corrected chi connectivity index (χ0v) is 28.7. The second-order valence-electron chi connectivity index (χ2n) is 11.3. The highest BCUT2D eigenvalue weighted by Crippen LogP contribution is 2.31. The maximum atomic E-state index is 14.3. The van der Waals surface area contributed by atoms with Gasteiger partial charge in [0.25, 0.3) is 0 Å². The molecule has 250 valence electrons. The number of aryl methyl sites for hydroxylation is 2. The first kappa shape index (κ1) is 33.3. The summed E-state index contributed by atoms with van der Waals surface area (Å²) in [7, 11) is 0. The molecule has 0 amide bonds. The van der Waals surface area contributed by atoms with E-state index in [0.29, 0.717) is 38.8 Å². The van der Waals surface area contributed by atoms with E-state index < -0.39 is 5.82 Å². The zero-order valence-electron chi connectivity index (χ0n) is 27.2. The van der Waals surface area contributed by atoms with Crippen LogP contribution < -0.4 is 10.6 Å². The van der Waals surface area contributed by atoms with E-state index in [9.17, 15) is 4.39 Å². The van der Waals surface area contributed by atoms with E-state index in [1.165, 1.54) is 18.2 Å². The fourth-order valence-corrected chi connectivity index (χ4v) is 5.51. The number of aromatic nitrogens is 8. The smallest absolute Gasteiger partial charge is 0.167 e. The van der Waals surface area contributed by atoms with Crippen molar-refractivity contribution in [2.75, 3.05) is 10.6 Å². The Kier molecular flexibility index (Phi) is 9.64. The van der Waals surface area contributed by atoms with Crippen LogP contribution in [0.2, 0.25) is 10.0 Å². The van der Waals surface area contributed by atoms with Crippen molar-refractivity contribution in [3.8, 4) is 22.8 Å². The normalized spacial score (nSPS) is 10.8. The third-order valence-electron chi connectivity index (χ3n) is 7.74. The molecule has 0 bridgehead atoms. The van der Waals surface area contributed by atoms with Gasteiger partial charge in [-0.1, -0.05) is 35.3 Å². The molecule has 2 N–H and O–H groups in total. The Morgan fingerprint density at radius 3 is 1.73 bits per heavy atom. The molecule has 0 spiro atoms. The molecule has 0 fully saturated rings. The van der Waals surface area contributed by atoms with Gasteiger partial charge in [0.15, 0.2) is 22.9 Å². The lowest BCUT2D eigenvalue weighted by Gasteiger charge is -2.12. The number of nitrogens with one attached hydrogen (secondary N) is 2. The number of halogens is 3.